The van der Waals surface area contributed by atoms with Crippen LogP contribution in [0.15, 0.2) is 42.7 Å². The van der Waals surface area contributed by atoms with Gasteiger partial charge < -0.3 is 15.2 Å². The molecule has 24 heavy (non-hydrogen) atoms. The Balaban J connectivity index is 1.62. The number of thiophene rings is 1. The Labute approximate surface area is 144 Å². The van der Waals surface area contributed by atoms with Crippen LogP contribution in [0.1, 0.15) is 15.4 Å². The maximum absolute atomic E-state index is 12.3. The first-order valence-electron chi connectivity index (χ1n) is 7.67. The fourth-order valence-electron chi connectivity index (χ4n) is 2.36. The normalized spacial score (nSPS) is 10.6. The fourth-order valence-corrected chi connectivity index (χ4v) is 3.25. The highest BCUT2D eigenvalue weighted by Gasteiger charge is 2.11. The second kappa shape index (κ2) is 7.27. The van der Waals surface area contributed by atoms with Crippen molar-refractivity contribution in [2.24, 2.45) is 7.05 Å². The first kappa shape index (κ1) is 16.2. The minimum absolute atomic E-state index is 0.0524. The molecule has 3 rings (SSSR count). The lowest BCUT2D eigenvalue weighted by atomic mass is 10.3. The van der Waals surface area contributed by atoms with Crippen molar-refractivity contribution in [2.45, 2.75) is 6.42 Å². The van der Waals surface area contributed by atoms with Gasteiger partial charge in [-0.3, -0.25) is 4.79 Å². The average Bonchev–Trinajstić information content (AvgIpc) is 3.24. The Kier molecular flexibility index (Phi) is 4.90. The van der Waals surface area contributed by atoms with Gasteiger partial charge in [-0.25, -0.2) is 9.97 Å². The van der Waals surface area contributed by atoms with E-state index < -0.39 is 0 Å². The molecule has 124 valence electrons. The van der Waals surface area contributed by atoms with E-state index in [2.05, 4.69) is 31.2 Å². The van der Waals surface area contributed by atoms with Gasteiger partial charge in [0.05, 0.1) is 15.4 Å². The molecule has 3 aromatic heterocycles. The molecule has 3 aromatic rings. The molecule has 3 heterocycles. The predicted octanol–water partition coefficient (Wildman–Crippen LogP) is 2.56. The van der Waals surface area contributed by atoms with Gasteiger partial charge in [-0.2, -0.15) is 0 Å². The minimum Gasteiger partial charge on any atom is -0.357 e. The summed E-state index contributed by atoms with van der Waals surface area (Å²) in [5.74, 6) is 0.512. The summed E-state index contributed by atoms with van der Waals surface area (Å²) >= 11 is 1.43. The van der Waals surface area contributed by atoms with Crippen LogP contribution in [0.4, 0.5) is 5.95 Å². The van der Waals surface area contributed by atoms with E-state index in [1.165, 1.54) is 17.0 Å². The zero-order valence-corrected chi connectivity index (χ0v) is 14.4. The summed E-state index contributed by atoms with van der Waals surface area (Å²) in [7, 11) is 3.78. The van der Waals surface area contributed by atoms with Gasteiger partial charge in [-0.1, -0.05) is 0 Å². The van der Waals surface area contributed by atoms with Crippen molar-refractivity contribution in [1.82, 2.24) is 19.9 Å². The van der Waals surface area contributed by atoms with Crippen molar-refractivity contribution >= 4 is 23.2 Å². The molecule has 0 unspecified atom stereocenters. The highest BCUT2D eigenvalue weighted by atomic mass is 32.1. The summed E-state index contributed by atoms with van der Waals surface area (Å²) < 4.78 is 2.06. The lowest BCUT2D eigenvalue weighted by molar-refractivity contribution is 0.0958. The molecular weight excluding hydrogens is 322 g/mol. The third kappa shape index (κ3) is 3.62. The van der Waals surface area contributed by atoms with Gasteiger partial charge in [-0.05, 0) is 30.3 Å². The standard InChI is InChI=1S/C17H19N5OS/c1-18-17-20-10-8-13(21-17)14-5-6-15(24-14)16(23)19-9-7-12-4-3-11-22(12)2/h3-6,8,10-11H,7,9H2,1-2H3,(H,19,23)(H,18,20,21). The second-order valence-corrected chi connectivity index (χ2v) is 6.38. The van der Waals surface area contributed by atoms with Crippen LogP contribution in [0.2, 0.25) is 0 Å². The van der Waals surface area contributed by atoms with E-state index in [9.17, 15) is 4.79 Å². The topological polar surface area (TPSA) is 71.8 Å². The Morgan fingerprint density at radius 3 is 2.92 bits per heavy atom. The first-order valence-corrected chi connectivity index (χ1v) is 8.48. The number of carbonyl (C=O) groups is 1. The molecule has 0 atom stereocenters. The van der Waals surface area contributed by atoms with Crippen molar-refractivity contribution in [1.29, 1.82) is 0 Å². The van der Waals surface area contributed by atoms with Gasteiger partial charge in [0, 0.05) is 45.1 Å². The van der Waals surface area contributed by atoms with E-state index in [1.54, 1.807) is 13.2 Å². The van der Waals surface area contributed by atoms with Crippen LogP contribution in [0, 0.1) is 0 Å². The largest absolute Gasteiger partial charge is 0.357 e. The summed E-state index contributed by atoms with van der Waals surface area (Å²) in [4.78, 5) is 22.4. The van der Waals surface area contributed by atoms with Crippen LogP contribution < -0.4 is 10.6 Å². The third-order valence-corrected chi connectivity index (χ3v) is 4.79. The number of hydrogen-bond acceptors (Lipinski definition) is 5. The summed E-state index contributed by atoms with van der Waals surface area (Å²) in [5, 5.41) is 5.88. The van der Waals surface area contributed by atoms with E-state index in [-0.39, 0.29) is 5.91 Å². The zero-order valence-electron chi connectivity index (χ0n) is 13.6. The molecule has 0 saturated carbocycles. The summed E-state index contributed by atoms with van der Waals surface area (Å²) in [6.07, 6.45) is 4.52. The molecule has 0 fully saturated rings. The number of aryl methyl sites for hydroxylation is 1. The first-order chi connectivity index (χ1) is 11.7. The van der Waals surface area contributed by atoms with E-state index in [4.69, 9.17) is 0 Å². The quantitative estimate of drug-likeness (QED) is 0.723. The smallest absolute Gasteiger partial charge is 0.261 e. The number of rotatable bonds is 6. The Morgan fingerprint density at radius 2 is 2.17 bits per heavy atom. The minimum atomic E-state index is -0.0524. The predicted molar refractivity (Wildman–Crippen MR) is 96.3 cm³/mol. The van der Waals surface area contributed by atoms with Crippen molar-refractivity contribution in [2.75, 3.05) is 18.9 Å². The molecule has 2 N–H and O–H groups in total. The maximum Gasteiger partial charge on any atom is 0.261 e. The third-order valence-electron chi connectivity index (χ3n) is 3.68. The van der Waals surface area contributed by atoms with Crippen LogP contribution in [-0.2, 0) is 13.5 Å². The molecule has 6 nitrogen and oxygen atoms in total. The van der Waals surface area contributed by atoms with Gasteiger partial charge in [0.15, 0.2) is 0 Å². The van der Waals surface area contributed by atoms with Crippen LogP contribution in [0.25, 0.3) is 10.6 Å². The molecule has 0 aliphatic heterocycles. The Morgan fingerprint density at radius 1 is 1.29 bits per heavy atom. The number of anilines is 1. The summed E-state index contributed by atoms with van der Waals surface area (Å²) in [6, 6.07) is 9.65. The Bertz CT molecular complexity index is 839. The second-order valence-electron chi connectivity index (χ2n) is 5.30. The molecule has 7 heteroatoms. The van der Waals surface area contributed by atoms with E-state index >= 15 is 0 Å². The molecule has 0 bridgehead atoms. The molecule has 0 aliphatic rings. The number of aromatic nitrogens is 3. The number of amides is 1. The van der Waals surface area contributed by atoms with Crippen LogP contribution >= 0.6 is 11.3 Å². The zero-order chi connectivity index (χ0) is 16.9. The van der Waals surface area contributed by atoms with Crippen LogP contribution in [0.3, 0.4) is 0 Å². The van der Waals surface area contributed by atoms with Gasteiger partial charge >= 0.3 is 0 Å². The number of nitrogens with zero attached hydrogens (tertiary/aromatic N) is 3. The molecule has 0 radical (unpaired) electrons. The highest BCUT2D eigenvalue weighted by molar-refractivity contribution is 7.17. The number of carbonyl (C=O) groups excluding carboxylic acids is 1. The van der Waals surface area contributed by atoms with Gasteiger partial charge in [-0.15, -0.1) is 11.3 Å². The van der Waals surface area contributed by atoms with Gasteiger partial charge in [0.2, 0.25) is 5.95 Å². The summed E-state index contributed by atoms with van der Waals surface area (Å²) in [6.45, 7) is 0.612. The molecular formula is C17H19N5OS. The molecule has 1 amide bonds. The van der Waals surface area contributed by atoms with Gasteiger partial charge in [0.25, 0.3) is 5.91 Å². The van der Waals surface area contributed by atoms with Crippen molar-refractivity contribution < 1.29 is 4.79 Å². The number of nitrogens with one attached hydrogen (secondary N) is 2. The lowest BCUT2D eigenvalue weighted by Crippen LogP contribution is -2.25. The van der Waals surface area contributed by atoms with Gasteiger partial charge in [0.1, 0.15) is 0 Å². The Hall–Kier alpha value is -2.67. The van der Waals surface area contributed by atoms with Crippen LogP contribution in [-0.4, -0.2) is 34.0 Å². The monoisotopic (exact) mass is 341 g/mol. The lowest BCUT2D eigenvalue weighted by Gasteiger charge is -2.05. The van der Waals surface area contributed by atoms with Crippen molar-refractivity contribution in [3.8, 4) is 10.6 Å². The van der Waals surface area contributed by atoms with E-state index in [0.29, 0.717) is 17.4 Å². The maximum atomic E-state index is 12.3. The average molecular weight is 341 g/mol. The highest BCUT2D eigenvalue weighted by Crippen LogP contribution is 2.26. The van der Waals surface area contributed by atoms with E-state index in [0.717, 1.165) is 17.0 Å². The van der Waals surface area contributed by atoms with Crippen molar-refractivity contribution in [3.63, 3.8) is 0 Å². The molecule has 0 aromatic carbocycles. The van der Waals surface area contributed by atoms with Crippen LogP contribution in [0.5, 0.6) is 0 Å². The SMILES string of the molecule is CNc1nccc(-c2ccc(C(=O)NCCc3cccn3C)s2)n1. The molecule has 0 spiro atoms. The van der Waals surface area contributed by atoms with E-state index in [1.807, 2.05) is 37.5 Å². The molecule has 0 aliphatic carbocycles. The summed E-state index contributed by atoms with van der Waals surface area (Å²) in [5.41, 5.74) is 2.00. The van der Waals surface area contributed by atoms with Crippen molar-refractivity contribution in [3.05, 3.63) is 53.3 Å². The fraction of sp³-hybridized carbons (Fsp3) is 0.235. The number of hydrogen-bond donors (Lipinski definition) is 2. The molecule has 0 saturated heterocycles.